The molecule has 1 aromatic heterocycles. The molecule has 0 aliphatic carbocycles. The summed E-state index contributed by atoms with van der Waals surface area (Å²) in [5.74, 6) is 0.822. The highest BCUT2D eigenvalue weighted by molar-refractivity contribution is 5.79. The first-order chi connectivity index (χ1) is 14.2. The fraction of sp³-hybridized carbons (Fsp3) is 0.333. The van der Waals surface area contributed by atoms with Crippen LogP contribution in [0, 0.1) is 0 Å². The van der Waals surface area contributed by atoms with E-state index in [1.807, 2.05) is 54.6 Å². The summed E-state index contributed by atoms with van der Waals surface area (Å²) in [6.45, 7) is 2.74. The summed E-state index contributed by atoms with van der Waals surface area (Å²) < 4.78 is 16.3. The highest BCUT2D eigenvalue weighted by Crippen LogP contribution is 2.35. The first-order valence-electron chi connectivity index (χ1n) is 9.89. The summed E-state index contributed by atoms with van der Waals surface area (Å²) in [6, 6.07) is 17.7. The Morgan fingerprint density at radius 1 is 1.03 bits per heavy atom. The molecule has 0 spiro atoms. The van der Waals surface area contributed by atoms with Crippen LogP contribution in [-0.4, -0.2) is 31.8 Å². The Morgan fingerprint density at radius 3 is 2.62 bits per heavy atom. The number of benzene rings is 2. The van der Waals surface area contributed by atoms with Crippen molar-refractivity contribution >= 4 is 16.9 Å². The van der Waals surface area contributed by atoms with E-state index in [-0.39, 0.29) is 18.3 Å². The van der Waals surface area contributed by atoms with Crippen molar-refractivity contribution in [3.63, 3.8) is 0 Å². The van der Waals surface area contributed by atoms with E-state index in [1.54, 1.807) is 7.11 Å². The fourth-order valence-electron chi connectivity index (χ4n) is 3.27. The maximum Gasteiger partial charge on any atom is 0.306 e. The highest BCUT2D eigenvalue weighted by atomic mass is 16.5. The maximum atomic E-state index is 12.1. The molecule has 2 aromatic carbocycles. The highest BCUT2D eigenvalue weighted by Gasteiger charge is 2.22. The molecule has 29 heavy (non-hydrogen) atoms. The number of para-hydroxylation sites is 1. The average Bonchev–Trinajstić information content (AvgIpc) is 2.77. The molecule has 0 aliphatic rings. The molecule has 0 bridgehead atoms. The van der Waals surface area contributed by atoms with Crippen LogP contribution in [0.2, 0.25) is 0 Å². The van der Waals surface area contributed by atoms with Gasteiger partial charge in [0, 0.05) is 17.0 Å². The molecule has 5 nitrogen and oxygen atoms in total. The predicted molar refractivity (Wildman–Crippen MR) is 114 cm³/mol. The normalized spacial score (nSPS) is 11.8. The standard InChI is InChI=1S/C24H27NO4/c1-4-5-14-29-23-15-18(11-13-22(23)27-2)19(16-24(26)28-3)21-12-10-17-8-6-7-9-20(17)25-21/h6-13,15,19H,4-5,14,16H2,1-3H3. The van der Waals surface area contributed by atoms with Gasteiger partial charge in [-0.25, -0.2) is 0 Å². The van der Waals surface area contributed by atoms with Crippen molar-refractivity contribution < 1.29 is 19.0 Å². The summed E-state index contributed by atoms with van der Waals surface area (Å²) in [5.41, 5.74) is 2.65. The molecule has 0 aliphatic heterocycles. The van der Waals surface area contributed by atoms with Crippen LogP contribution in [0.25, 0.3) is 10.9 Å². The number of rotatable bonds is 9. The third kappa shape index (κ3) is 5.05. The average molecular weight is 393 g/mol. The van der Waals surface area contributed by atoms with Crippen molar-refractivity contribution in [1.29, 1.82) is 0 Å². The van der Waals surface area contributed by atoms with E-state index >= 15 is 0 Å². The summed E-state index contributed by atoms with van der Waals surface area (Å²) >= 11 is 0. The number of hydrogen-bond donors (Lipinski definition) is 0. The first-order valence-corrected chi connectivity index (χ1v) is 9.89. The van der Waals surface area contributed by atoms with Crippen LogP contribution in [0.1, 0.15) is 43.4 Å². The van der Waals surface area contributed by atoms with Crippen LogP contribution in [0.5, 0.6) is 11.5 Å². The number of unbranched alkanes of at least 4 members (excludes halogenated alkanes) is 1. The van der Waals surface area contributed by atoms with Crippen LogP contribution in [0.3, 0.4) is 0 Å². The first kappa shape index (κ1) is 20.6. The van der Waals surface area contributed by atoms with E-state index < -0.39 is 0 Å². The third-order valence-electron chi connectivity index (χ3n) is 4.92. The fourth-order valence-corrected chi connectivity index (χ4v) is 3.27. The van der Waals surface area contributed by atoms with E-state index in [0.717, 1.165) is 35.0 Å². The van der Waals surface area contributed by atoms with Crippen LogP contribution in [-0.2, 0) is 9.53 Å². The Hall–Kier alpha value is -3.08. The molecule has 0 radical (unpaired) electrons. The molecule has 0 amide bonds. The van der Waals surface area contributed by atoms with Gasteiger partial charge in [-0.05, 0) is 36.2 Å². The van der Waals surface area contributed by atoms with Gasteiger partial charge in [-0.3, -0.25) is 9.78 Å². The molecule has 0 saturated heterocycles. The Morgan fingerprint density at radius 2 is 1.86 bits per heavy atom. The molecule has 152 valence electrons. The van der Waals surface area contributed by atoms with Gasteiger partial charge in [0.15, 0.2) is 11.5 Å². The lowest BCUT2D eigenvalue weighted by molar-refractivity contribution is -0.140. The lowest BCUT2D eigenvalue weighted by Crippen LogP contribution is -2.12. The zero-order chi connectivity index (χ0) is 20.6. The minimum Gasteiger partial charge on any atom is -0.493 e. The molecule has 0 fully saturated rings. The van der Waals surface area contributed by atoms with Crippen molar-refractivity contribution in [2.24, 2.45) is 0 Å². The van der Waals surface area contributed by atoms with Gasteiger partial charge in [-0.15, -0.1) is 0 Å². The van der Waals surface area contributed by atoms with Gasteiger partial charge in [0.25, 0.3) is 0 Å². The largest absolute Gasteiger partial charge is 0.493 e. The van der Waals surface area contributed by atoms with E-state index in [4.69, 9.17) is 19.2 Å². The molecular formula is C24H27NO4. The molecular weight excluding hydrogens is 366 g/mol. The number of hydrogen-bond acceptors (Lipinski definition) is 5. The quantitative estimate of drug-likeness (QED) is 0.373. The zero-order valence-electron chi connectivity index (χ0n) is 17.2. The van der Waals surface area contributed by atoms with Crippen LogP contribution >= 0.6 is 0 Å². The monoisotopic (exact) mass is 393 g/mol. The Balaban J connectivity index is 2.01. The van der Waals surface area contributed by atoms with Gasteiger partial charge < -0.3 is 14.2 Å². The van der Waals surface area contributed by atoms with Crippen molar-refractivity contribution in [1.82, 2.24) is 4.98 Å². The molecule has 0 N–H and O–H groups in total. The molecule has 1 heterocycles. The molecule has 1 atom stereocenters. The maximum absolute atomic E-state index is 12.1. The van der Waals surface area contributed by atoms with Crippen molar-refractivity contribution in [3.05, 3.63) is 65.9 Å². The van der Waals surface area contributed by atoms with Crippen molar-refractivity contribution in [3.8, 4) is 11.5 Å². The molecule has 3 aromatic rings. The molecule has 5 heteroatoms. The summed E-state index contributed by atoms with van der Waals surface area (Å²) in [5, 5.41) is 1.06. The summed E-state index contributed by atoms with van der Waals surface area (Å²) in [4.78, 5) is 17.0. The van der Waals surface area contributed by atoms with Gasteiger partial charge in [0.2, 0.25) is 0 Å². The number of nitrogens with zero attached hydrogens (tertiary/aromatic N) is 1. The molecule has 0 saturated carbocycles. The predicted octanol–water partition coefficient (Wildman–Crippen LogP) is 5.12. The second-order valence-electron chi connectivity index (χ2n) is 6.87. The number of pyridine rings is 1. The van der Waals surface area contributed by atoms with Gasteiger partial charge in [0.05, 0.1) is 32.8 Å². The van der Waals surface area contributed by atoms with Crippen LogP contribution in [0.4, 0.5) is 0 Å². The zero-order valence-corrected chi connectivity index (χ0v) is 17.2. The van der Waals surface area contributed by atoms with Gasteiger partial charge in [0.1, 0.15) is 0 Å². The van der Waals surface area contributed by atoms with Crippen molar-refractivity contribution in [2.45, 2.75) is 32.1 Å². The third-order valence-corrected chi connectivity index (χ3v) is 4.92. The minimum absolute atomic E-state index is 0.197. The Bertz CT molecular complexity index is 970. The number of methoxy groups -OCH3 is 2. The van der Waals surface area contributed by atoms with E-state index in [2.05, 4.69) is 6.92 Å². The lowest BCUT2D eigenvalue weighted by Gasteiger charge is -2.19. The second kappa shape index (κ2) is 9.92. The van der Waals surface area contributed by atoms with Gasteiger partial charge >= 0.3 is 5.97 Å². The van der Waals surface area contributed by atoms with Crippen LogP contribution < -0.4 is 9.47 Å². The number of carbonyl (C=O) groups excluding carboxylic acids is 1. The van der Waals surface area contributed by atoms with Crippen LogP contribution in [0.15, 0.2) is 54.6 Å². The van der Waals surface area contributed by atoms with Crippen molar-refractivity contribution in [2.75, 3.05) is 20.8 Å². The lowest BCUT2D eigenvalue weighted by atomic mass is 9.91. The van der Waals surface area contributed by atoms with E-state index in [0.29, 0.717) is 18.1 Å². The number of esters is 1. The number of aromatic nitrogens is 1. The summed E-state index contributed by atoms with van der Waals surface area (Å²) in [6.07, 6.45) is 2.21. The second-order valence-corrected chi connectivity index (χ2v) is 6.87. The van der Waals surface area contributed by atoms with Gasteiger partial charge in [-0.1, -0.05) is 43.7 Å². The molecule has 1 unspecified atom stereocenters. The summed E-state index contributed by atoms with van der Waals surface area (Å²) in [7, 11) is 3.03. The number of carbonyl (C=O) groups is 1. The van der Waals surface area contributed by atoms with E-state index in [1.165, 1.54) is 7.11 Å². The topological polar surface area (TPSA) is 57.7 Å². The smallest absolute Gasteiger partial charge is 0.306 e. The Labute approximate surface area is 171 Å². The SMILES string of the molecule is CCCCOc1cc(C(CC(=O)OC)c2ccc3ccccc3n2)ccc1OC. The Kier molecular flexibility index (Phi) is 7.06. The van der Waals surface area contributed by atoms with E-state index in [9.17, 15) is 4.79 Å². The number of fused-ring (bicyclic) bond motifs is 1. The molecule has 3 rings (SSSR count). The van der Waals surface area contributed by atoms with Gasteiger partial charge in [-0.2, -0.15) is 0 Å². The number of ether oxygens (including phenoxy) is 3. The minimum atomic E-state index is -0.283.